The Morgan fingerprint density at radius 1 is 1.58 bits per heavy atom. The average Bonchev–Trinajstić information content (AvgIpc) is 3.05. The van der Waals surface area contributed by atoms with Crippen LogP contribution in [-0.2, 0) is 14.3 Å². The quantitative estimate of drug-likeness (QED) is 0.748. The zero-order valence-corrected chi connectivity index (χ0v) is 12.3. The second kappa shape index (κ2) is 6.20. The van der Waals surface area contributed by atoms with Crippen LogP contribution in [-0.4, -0.2) is 61.9 Å². The Kier molecular flexibility index (Phi) is 4.81. The lowest BCUT2D eigenvalue weighted by molar-refractivity contribution is -0.148. The van der Waals surface area contributed by atoms with E-state index in [0.29, 0.717) is 6.04 Å². The number of likely N-dealkylation sites (tertiary alicyclic amines) is 1. The molecule has 0 aliphatic carbocycles. The number of methoxy groups -OCH3 is 1. The van der Waals surface area contributed by atoms with Crippen LogP contribution < -0.4 is 5.32 Å². The number of nitrogens with one attached hydrogen (secondary N) is 1. The molecule has 2 unspecified atom stereocenters. The molecule has 2 fully saturated rings. The highest BCUT2D eigenvalue weighted by molar-refractivity contribution is 5.81. The molecule has 0 bridgehead atoms. The van der Waals surface area contributed by atoms with Gasteiger partial charge in [-0.05, 0) is 33.1 Å². The van der Waals surface area contributed by atoms with Crippen LogP contribution in [0.5, 0.6) is 0 Å². The van der Waals surface area contributed by atoms with Gasteiger partial charge in [0, 0.05) is 32.3 Å². The Labute approximate surface area is 115 Å². The molecule has 2 rings (SSSR count). The highest BCUT2D eigenvalue weighted by Gasteiger charge is 2.46. The molecule has 110 valence electrons. The number of esters is 1. The topological polar surface area (TPSA) is 50.8 Å². The molecule has 5 nitrogen and oxygen atoms in total. The molecule has 0 amide bonds. The van der Waals surface area contributed by atoms with E-state index in [-0.39, 0.29) is 12.1 Å². The Bertz CT molecular complexity index is 316. The maximum atomic E-state index is 12.2. The van der Waals surface area contributed by atoms with Crippen molar-refractivity contribution in [2.45, 2.75) is 50.8 Å². The molecule has 19 heavy (non-hydrogen) atoms. The molecule has 0 radical (unpaired) electrons. The summed E-state index contributed by atoms with van der Waals surface area (Å²) < 4.78 is 10.6. The second-order valence-electron chi connectivity index (χ2n) is 5.90. The van der Waals surface area contributed by atoms with E-state index < -0.39 is 5.54 Å². The van der Waals surface area contributed by atoms with Crippen LogP contribution in [0.2, 0.25) is 0 Å². The third kappa shape index (κ3) is 3.27. The predicted octanol–water partition coefficient (Wildman–Crippen LogP) is 0.781. The summed E-state index contributed by atoms with van der Waals surface area (Å²) in [6.07, 6.45) is 3.26. The van der Waals surface area contributed by atoms with E-state index >= 15 is 0 Å². The van der Waals surface area contributed by atoms with Crippen molar-refractivity contribution < 1.29 is 14.3 Å². The fourth-order valence-corrected chi connectivity index (χ4v) is 2.97. The lowest BCUT2D eigenvalue weighted by Crippen LogP contribution is -2.56. The highest BCUT2D eigenvalue weighted by Crippen LogP contribution is 2.25. The molecule has 5 heteroatoms. The standard InChI is InChI=1S/C14H26N2O3/c1-11(2)16-7-6-14(10-16,13(17)18-3)15-9-12-5-4-8-19-12/h11-12,15H,4-10H2,1-3H3. The van der Waals surface area contributed by atoms with Gasteiger partial charge in [0.15, 0.2) is 0 Å². The molecule has 1 N–H and O–H groups in total. The van der Waals surface area contributed by atoms with Gasteiger partial charge in [-0.1, -0.05) is 0 Å². The molecule has 2 aliphatic heterocycles. The Morgan fingerprint density at radius 2 is 2.37 bits per heavy atom. The van der Waals surface area contributed by atoms with Crippen LogP contribution >= 0.6 is 0 Å². The first-order valence-electron chi connectivity index (χ1n) is 7.26. The summed E-state index contributed by atoms with van der Waals surface area (Å²) in [6, 6.07) is 0.455. The molecule has 0 aromatic rings. The first-order chi connectivity index (χ1) is 9.07. The van der Waals surface area contributed by atoms with Gasteiger partial charge in [-0.15, -0.1) is 0 Å². The number of carbonyl (C=O) groups excluding carboxylic acids is 1. The summed E-state index contributed by atoms with van der Waals surface area (Å²) in [5.41, 5.74) is -0.551. The minimum absolute atomic E-state index is 0.145. The maximum absolute atomic E-state index is 12.2. The maximum Gasteiger partial charge on any atom is 0.327 e. The van der Waals surface area contributed by atoms with E-state index in [9.17, 15) is 4.79 Å². The minimum atomic E-state index is -0.551. The SMILES string of the molecule is COC(=O)C1(NCC2CCCO2)CCN(C(C)C)C1. The highest BCUT2D eigenvalue weighted by atomic mass is 16.5. The number of hydrogen-bond acceptors (Lipinski definition) is 5. The summed E-state index contributed by atoms with van der Waals surface area (Å²) >= 11 is 0. The summed E-state index contributed by atoms with van der Waals surface area (Å²) in [6.45, 7) is 7.56. The van der Waals surface area contributed by atoms with Crippen LogP contribution in [0.15, 0.2) is 0 Å². The Balaban J connectivity index is 1.97. The molecule has 2 saturated heterocycles. The van der Waals surface area contributed by atoms with Gasteiger partial charge in [0.2, 0.25) is 0 Å². The summed E-state index contributed by atoms with van der Waals surface area (Å²) in [5.74, 6) is -0.145. The Morgan fingerprint density at radius 3 is 2.89 bits per heavy atom. The number of carbonyl (C=O) groups is 1. The number of nitrogens with zero attached hydrogens (tertiary/aromatic N) is 1. The van der Waals surface area contributed by atoms with E-state index in [1.54, 1.807) is 0 Å². The van der Waals surface area contributed by atoms with Gasteiger partial charge in [0.05, 0.1) is 13.2 Å². The number of hydrogen-bond donors (Lipinski definition) is 1. The zero-order valence-electron chi connectivity index (χ0n) is 12.3. The Hall–Kier alpha value is -0.650. The smallest absolute Gasteiger partial charge is 0.327 e. The van der Waals surface area contributed by atoms with Crippen LogP contribution in [0.4, 0.5) is 0 Å². The molecule has 0 saturated carbocycles. The van der Waals surface area contributed by atoms with Crippen molar-refractivity contribution in [1.82, 2.24) is 10.2 Å². The van der Waals surface area contributed by atoms with Gasteiger partial charge >= 0.3 is 5.97 Å². The van der Waals surface area contributed by atoms with Gasteiger partial charge in [0.25, 0.3) is 0 Å². The fraction of sp³-hybridized carbons (Fsp3) is 0.929. The first kappa shape index (κ1) is 14.8. The summed E-state index contributed by atoms with van der Waals surface area (Å²) in [5, 5.41) is 3.43. The van der Waals surface area contributed by atoms with Crippen molar-refractivity contribution in [3.63, 3.8) is 0 Å². The van der Waals surface area contributed by atoms with E-state index in [1.807, 2.05) is 0 Å². The molecule has 2 heterocycles. The molecule has 0 spiro atoms. The normalized spacial score (nSPS) is 32.1. The lowest BCUT2D eigenvalue weighted by Gasteiger charge is -2.30. The van der Waals surface area contributed by atoms with Gasteiger partial charge < -0.3 is 9.47 Å². The van der Waals surface area contributed by atoms with Gasteiger partial charge in [0.1, 0.15) is 5.54 Å². The lowest BCUT2D eigenvalue weighted by atomic mass is 9.98. The third-order valence-corrected chi connectivity index (χ3v) is 4.30. The fourth-order valence-electron chi connectivity index (χ4n) is 2.97. The minimum Gasteiger partial charge on any atom is -0.468 e. The van der Waals surface area contributed by atoms with E-state index in [0.717, 1.165) is 45.5 Å². The monoisotopic (exact) mass is 270 g/mol. The summed E-state index contributed by atoms with van der Waals surface area (Å²) in [4.78, 5) is 14.5. The van der Waals surface area contributed by atoms with E-state index in [1.165, 1.54) is 7.11 Å². The largest absolute Gasteiger partial charge is 0.468 e. The van der Waals surface area contributed by atoms with Gasteiger partial charge in [-0.2, -0.15) is 0 Å². The first-order valence-corrected chi connectivity index (χ1v) is 7.26. The van der Waals surface area contributed by atoms with Crippen molar-refractivity contribution in [3.8, 4) is 0 Å². The predicted molar refractivity (Wildman–Crippen MR) is 73.0 cm³/mol. The van der Waals surface area contributed by atoms with Gasteiger partial charge in [-0.3, -0.25) is 15.0 Å². The van der Waals surface area contributed by atoms with Crippen LogP contribution in [0, 0.1) is 0 Å². The van der Waals surface area contributed by atoms with Crippen LogP contribution in [0.25, 0.3) is 0 Å². The molecular formula is C14H26N2O3. The number of ether oxygens (including phenoxy) is 2. The number of rotatable bonds is 5. The zero-order chi connectivity index (χ0) is 13.9. The van der Waals surface area contributed by atoms with Crippen LogP contribution in [0.1, 0.15) is 33.1 Å². The molecule has 0 aromatic heterocycles. The van der Waals surface area contributed by atoms with Crippen molar-refractivity contribution in [2.75, 3.05) is 33.4 Å². The molecule has 2 atom stereocenters. The molecular weight excluding hydrogens is 244 g/mol. The van der Waals surface area contributed by atoms with E-state index in [4.69, 9.17) is 9.47 Å². The van der Waals surface area contributed by atoms with Crippen LogP contribution in [0.3, 0.4) is 0 Å². The molecule has 0 aromatic carbocycles. The molecule has 2 aliphatic rings. The van der Waals surface area contributed by atoms with E-state index in [2.05, 4.69) is 24.1 Å². The average molecular weight is 270 g/mol. The van der Waals surface area contributed by atoms with Crippen molar-refractivity contribution in [3.05, 3.63) is 0 Å². The summed E-state index contributed by atoms with van der Waals surface area (Å²) in [7, 11) is 1.47. The van der Waals surface area contributed by atoms with Crippen molar-refractivity contribution >= 4 is 5.97 Å². The van der Waals surface area contributed by atoms with Gasteiger partial charge in [-0.25, -0.2) is 0 Å². The van der Waals surface area contributed by atoms with Crippen molar-refractivity contribution in [2.24, 2.45) is 0 Å². The second-order valence-corrected chi connectivity index (χ2v) is 5.90. The third-order valence-electron chi connectivity index (χ3n) is 4.30. The van der Waals surface area contributed by atoms with Crippen molar-refractivity contribution in [1.29, 1.82) is 0 Å².